The summed E-state index contributed by atoms with van der Waals surface area (Å²) >= 11 is 0. The van der Waals surface area contributed by atoms with Crippen LogP contribution in [0.4, 0.5) is 5.69 Å². The van der Waals surface area contributed by atoms with Gasteiger partial charge < -0.3 is 5.32 Å². The van der Waals surface area contributed by atoms with Gasteiger partial charge in [0.15, 0.2) is 0 Å². The number of rotatable bonds is 5. The third-order valence-electron chi connectivity index (χ3n) is 4.18. The van der Waals surface area contributed by atoms with Crippen LogP contribution in [0.25, 0.3) is 11.3 Å². The van der Waals surface area contributed by atoms with Gasteiger partial charge in [-0.15, -0.1) is 10.2 Å². The van der Waals surface area contributed by atoms with E-state index in [9.17, 15) is 0 Å². The predicted molar refractivity (Wildman–Crippen MR) is 95.8 cm³/mol. The normalized spacial score (nSPS) is 12.4. The Hall–Kier alpha value is -3.22. The maximum Gasteiger partial charge on any atom is 0.200 e. The molecule has 0 aliphatic carbocycles. The lowest BCUT2D eigenvalue weighted by molar-refractivity contribution is 0.840. The minimum absolute atomic E-state index is 0.0741. The van der Waals surface area contributed by atoms with Crippen molar-refractivity contribution in [1.82, 2.24) is 29.6 Å². The summed E-state index contributed by atoms with van der Waals surface area (Å²) in [7, 11) is 0. The second-order valence-corrected chi connectivity index (χ2v) is 5.92. The first kappa shape index (κ1) is 15.3. The lowest BCUT2D eigenvalue weighted by Gasteiger charge is -2.14. The summed E-state index contributed by atoms with van der Waals surface area (Å²) in [5, 5.41) is 20.6. The summed E-state index contributed by atoms with van der Waals surface area (Å²) in [6, 6.07) is 12.2. The number of para-hydroxylation sites is 1. The van der Waals surface area contributed by atoms with Crippen molar-refractivity contribution >= 4 is 11.3 Å². The number of aromatic nitrogens is 6. The molecule has 0 fully saturated rings. The quantitative estimate of drug-likeness (QED) is 0.608. The van der Waals surface area contributed by atoms with E-state index in [4.69, 9.17) is 0 Å². The number of fused-ring (bicyclic) bond motifs is 1. The third kappa shape index (κ3) is 2.96. The molecular weight excluding hydrogens is 314 g/mol. The van der Waals surface area contributed by atoms with Crippen LogP contribution >= 0.6 is 0 Å². The highest BCUT2D eigenvalue weighted by Gasteiger charge is 2.13. The van der Waals surface area contributed by atoms with E-state index in [2.05, 4.69) is 39.6 Å². The molecule has 0 aliphatic rings. The number of nitrogens with one attached hydrogen (secondary N) is 1. The van der Waals surface area contributed by atoms with Gasteiger partial charge in [-0.25, -0.2) is 4.68 Å². The Morgan fingerprint density at radius 1 is 1.20 bits per heavy atom. The van der Waals surface area contributed by atoms with Crippen molar-refractivity contribution in [3.05, 3.63) is 66.4 Å². The fraction of sp³-hybridized carbons (Fsp3) is 0.222. The van der Waals surface area contributed by atoms with E-state index in [1.807, 2.05) is 53.5 Å². The number of hydrogen-bond donors (Lipinski definition) is 1. The molecule has 1 atom stereocenters. The largest absolute Gasteiger partial charge is 0.375 e. The molecule has 3 aromatic heterocycles. The molecule has 7 nitrogen and oxygen atoms in total. The van der Waals surface area contributed by atoms with E-state index in [0.29, 0.717) is 0 Å². The van der Waals surface area contributed by atoms with E-state index >= 15 is 0 Å². The zero-order valence-corrected chi connectivity index (χ0v) is 14.2. The summed E-state index contributed by atoms with van der Waals surface area (Å²) in [5.41, 5.74) is 4.76. The van der Waals surface area contributed by atoms with E-state index in [0.717, 1.165) is 34.7 Å². The fourth-order valence-corrected chi connectivity index (χ4v) is 2.76. The maximum absolute atomic E-state index is 4.47. The molecule has 4 rings (SSSR count). The van der Waals surface area contributed by atoms with Gasteiger partial charge in [-0.05, 0) is 31.5 Å². The van der Waals surface area contributed by atoms with Crippen LogP contribution < -0.4 is 5.32 Å². The van der Waals surface area contributed by atoms with E-state index in [1.165, 1.54) is 0 Å². The van der Waals surface area contributed by atoms with Crippen molar-refractivity contribution in [3.63, 3.8) is 0 Å². The molecule has 25 heavy (non-hydrogen) atoms. The average Bonchev–Trinajstić information content (AvgIpc) is 3.32. The van der Waals surface area contributed by atoms with Crippen LogP contribution in [0.5, 0.6) is 0 Å². The van der Waals surface area contributed by atoms with Crippen LogP contribution in [0.2, 0.25) is 0 Å². The van der Waals surface area contributed by atoms with Gasteiger partial charge >= 0.3 is 0 Å². The molecule has 0 bridgehead atoms. The average molecular weight is 333 g/mol. The minimum atomic E-state index is 0.0741. The summed E-state index contributed by atoms with van der Waals surface area (Å²) < 4.78 is 3.59. The molecule has 1 aromatic carbocycles. The summed E-state index contributed by atoms with van der Waals surface area (Å²) in [6.07, 6.45) is 6.39. The highest BCUT2D eigenvalue weighted by atomic mass is 15.3. The first-order valence-electron chi connectivity index (χ1n) is 8.31. The molecule has 4 aromatic rings. The highest BCUT2D eigenvalue weighted by Crippen LogP contribution is 2.23. The van der Waals surface area contributed by atoms with Gasteiger partial charge in [-0.2, -0.15) is 14.7 Å². The number of anilines is 1. The Labute approximate surface area is 145 Å². The fourth-order valence-electron chi connectivity index (χ4n) is 2.76. The SMILES string of the molecule is CCc1cc(NC(C)c2cnn(-c3ccccc3)c2)c2nncn2n1. The van der Waals surface area contributed by atoms with Crippen molar-refractivity contribution < 1.29 is 0 Å². The van der Waals surface area contributed by atoms with Crippen LogP contribution in [0.3, 0.4) is 0 Å². The third-order valence-corrected chi connectivity index (χ3v) is 4.18. The molecule has 0 amide bonds. The van der Waals surface area contributed by atoms with Crippen LogP contribution in [-0.4, -0.2) is 29.6 Å². The van der Waals surface area contributed by atoms with Crippen molar-refractivity contribution in [2.24, 2.45) is 0 Å². The number of hydrogen-bond acceptors (Lipinski definition) is 5. The lowest BCUT2D eigenvalue weighted by atomic mass is 10.2. The minimum Gasteiger partial charge on any atom is -0.375 e. The maximum atomic E-state index is 4.47. The van der Waals surface area contributed by atoms with Gasteiger partial charge in [0.05, 0.1) is 29.3 Å². The first-order valence-corrected chi connectivity index (χ1v) is 8.31. The van der Waals surface area contributed by atoms with Crippen molar-refractivity contribution in [2.45, 2.75) is 26.3 Å². The van der Waals surface area contributed by atoms with Crippen molar-refractivity contribution in [3.8, 4) is 5.69 Å². The molecular formula is C18H19N7. The molecule has 7 heteroatoms. The Balaban J connectivity index is 1.61. The lowest BCUT2D eigenvalue weighted by Crippen LogP contribution is -2.09. The second kappa shape index (κ2) is 6.35. The van der Waals surface area contributed by atoms with Crippen LogP contribution in [0, 0.1) is 0 Å². The summed E-state index contributed by atoms with van der Waals surface area (Å²) in [4.78, 5) is 0. The van der Waals surface area contributed by atoms with E-state index < -0.39 is 0 Å². The smallest absolute Gasteiger partial charge is 0.200 e. The molecule has 0 aliphatic heterocycles. The Bertz CT molecular complexity index is 987. The molecule has 0 radical (unpaired) electrons. The van der Waals surface area contributed by atoms with Gasteiger partial charge in [-0.3, -0.25) is 0 Å². The Morgan fingerprint density at radius 3 is 2.84 bits per heavy atom. The van der Waals surface area contributed by atoms with Crippen LogP contribution in [0.1, 0.15) is 31.1 Å². The molecule has 3 heterocycles. The standard InChI is InChI=1S/C18H19N7/c1-3-15-9-17(18-22-19-12-25(18)23-15)21-13(2)14-10-20-24(11-14)16-7-5-4-6-8-16/h4-13,21H,3H2,1-2H3. The van der Waals surface area contributed by atoms with Crippen LogP contribution in [-0.2, 0) is 6.42 Å². The van der Waals surface area contributed by atoms with Gasteiger partial charge in [0.25, 0.3) is 0 Å². The van der Waals surface area contributed by atoms with Crippen molar-refractivity contribution in [2.75, 3.05) is 5.32 Å². The molecule has 1 N–H and O–H groups in total. The molecule has 126 valence electrons. The Morgan fingerprint density at radius 2 is 2.04 bits per heavy atom. The van der Waals surface area contributed by atoms with Gasteiger partial charge in [0.2, 0.25) is 5.65 Å². The van der Waals surface area contributed by atoms with E-state index in [1.54, 1.807) is 10.8 Å². The second-order valence-electron chi connectivity index (χ2n) is 5.92. The van der Waals surface area contributed by atoms with E-state index in [-0.39, 0.29) is 6.04 Å². The monoisotopic (exact) mass is 333 g/mol. The molecule has 0 saturated carbocycles. The summed E-state index contributed by atoms with van der Waals surface area (Å²) in [6.45, 7) is 4.18. The molecule has 0 saturated heterocycles. The van der Waals surface area contributed by atoms with Gasteiger partial charge in [0, 0.05) is 11.8 Å². The van der Waals surface area contributed by atoms with Gasteiger partial charge in [-0.1, -0.05) is 25.1 Å². The summed E-state index contributed by atoms with van der Waals surface area (Å²) in [5.74, 6) is 0. The highest BCUT2D eigenvalue weighted by molar-refractivity contribution is 5.67. The van der Waals surface area contributed by atoms with Gasteiger partial charge in [0.1, 0.15) is 6.33 Å². The molecule has 0 spiro atoms. The van der Waals surface area contributed by atoms with Crippen LogP contribution in [0.15, 0.2) is 55.1 Å². The number of benzene rings is 1. The van der Waals surface area contributed by atoms with Crippen molar-refractivity contribution in [1.29, 1.82) is 0 Å². The number of nitrogens with zero attached hydrogens (tertiary/aromatic N) is 6. The molecule has 1 unspecified atom stereocenters. The Kier molecular flexibility index (Phi) is 3.89. The first-order chi connectivity index (χ1) is 12.2. The zero-order valence-electron chi connectivity index (χ0n) is 14.2. The topological polar surface area (TPSA) is 72.9 Å². The zero-order chi connectivity index (χ0) is 17.2. The predicted octanol–water partition coefficient (Wildman–Crippen LogP) is 3.05. The number of aryl methyl sites for hydroxylation is 1.